The third-order valence-corrected chi connectivity index (χ3v) is 6.05. The molecule has 1 aliphatic heterocycles. The molecule has 0 bridgehead atoms. The number of carbonyl (C=O) groups excluding carboxylic acids is 2. The van der Waals surface area contributed by atoms with Crippen LogP contribution in [-0.2, 0) is 22.6 Å². The predicted molar refractivity (Wildman–Crippen MR) is 132 cm³/mol. The van der Waals surface area contributed by atoms with Crippen molar-refractivity contribution in [3.8, 4) is 0 Å². The number of nitrogens with zero attached hydrogens (tertiary/aromatic N) is 2. The number of halogens is 2. The predicted octanol–water partition coefficient (Wildman–Crippen LogP) is 2.73. The monoisotopic (exact) mass is 481 g/mol. The molecular formula is C23H33Cl2N5O2. The molecule has 0 aliphatic carbocycles. The summed E-state index contributed by atoms with van der Waals surface area (Å²) in [5.41, 5.74) is 15.5. The fourth-order valence-corrected chi connectivity index (χ4v) is 4.15. The molecule has 3 atom stereocenters. The van der Waals surface area contributed by atoms with Crippen LogP contribution in [0.4, 0.5) is 5.82 Å². The van der Waals surface area contributed by atoms with Crippen LogP contribution in [0.15, 0.2) is 36.4 Å². The van der Waals surface area contributed by atoms with Crippen molar-refractivity contribution in [1.29, 1.82) is 0 Å². The normalized spacial score (nSPS) is 18.8. The molecule has 0 radical (unpaired) electrons. The number of primary amides is 1. The summed E-state index contributed by atoms with van der Waals surface area (Å²) in [7, 11) is 0. The number of likely N-dealkylation sites (tertiary alicyclic amines) is 1. The van der Waals surface area contributed by atoms with Gasteiger partial charge in [-0.25, -0.2) is 4.98 Å². The second-order valence-corrected chi connectivity index (χ2v) is 8.02. The summed E-state index contributed by atoms with van der Waals surface area (Å²) >= 11 is 0. The first-order valence-electron chi connectivity index (χ1n) is 10.4. The van der Waals surface area contributed by atoms with Gasteiger partial charge < -0.3 is 16.8 Å². The summed E-state index contributed by atoms with van der Waals surface area (Å²) in [6.45, 7) is 6.79. The highest BCUT2D eigenvalue weighted by Gasteiger charge is 2.40. The van der Waals surface area contributed by atoms with E-state index >= 15 is 0 Å². The van der Waals surface area contributed by atoms with E-state index in [1.165, 1.54) is 11.1 Å². The third kappa shape index (κ3) is 6.34. The first-order chi connectivity index (χ1) is 14.3. The maximum atomic E-state index is 12.8. The summed E-state index contributed by atoms with van der Waals surface area (Å²) in [6, 6.07) is 11.1. The number of nitrogens with two attached hydrogens (primary N) is 2. The summed E-state index contributed by atoms with van der Waals surface area (Å²) in [4.78, 5) is 31.1. The van der Waals surface area contributed by atoms with Gasteiger partial charge in [-0.15, -0.1) is 24.8 Å². The zero-order valence-corrected chi connectivity index (χ0v) is 20.3. The van der Waals surface area contributed by atoms with E-state index in [0.717, 1.165) is 17.7 Å². The van der Waals surface area contributed by atoms with Gasteiger partial charge in [0.15, 0.2) is 0 Å². The van der Waals surface area contributed by atoms with Gasteiger partial charge in [-0.1, -0.05) is 37.3 Å². The standard InChI is InChI=1S/C23H31N5O2.2ClH/c1-4-16-6-5-7-17(10-16)19-11-20(22(25)29)28(13-19)15(3)23(30)26-12-18-8-9-21(24)27-14(18)2;;/h5-10,15,19-20H,4,11-13H2,1-3H3,(H2,24,27)(H2,25,29)(H,26,30);2*1H/t15-,19?,20?;;/m0../s1. The number of hydrogen-bond donors (Lipinski definition) is 3. The zero-order chi connectivity index (χ0) is 21.8. The number of aromatic nitrogens is 1. The van der Waals surface area contributed by atoms with E-state index in [0.29, 0.717) is 25.3 Å². The Balaban J connectivity index is 0.00000256. The van der Waals surface area contributed by atoms with E-state index < -0.39 is 12.1 Å². The zero-order valence-electron chi connectivity index (χ0n) is 18.7. The molecule has 1 aliphatic rings. The average molecular weight is 482 g/mol. The van der Waals surface area contributed by atoms with E-state index in [-0.39, 0.29) is 42.5 Å². The molecule has 3 rings (SSSR count). The Morgan fingerprint density at radius 1 is 1.25 bits per heavy atom. The van der Waals surface area contributed by atoms with Crippen molar-refractivity contribution >= 4 is 42.4 Å². The highest BCUT2D eigenvalue weighted by atomic mass is 35.5. The quantitative estimate of drug-likeness (QED) is 0.562. The SMILES string of the molecule is CCc1cccc(C2CC(C(N)=O)N([C@@H](C)C(=O)NCc3ccc(N)nc3C)C2)c1.Cl.Cl. The van der Waals surface area contributed by atoms with Crippen molar-refractivity contribution < 1.29 is 9.59 Å². The van der Waals surface area contributed by atoms with Gasteiger partial charge in [0.1, 0.15) is 5.82 Å². The minimum absolute atomic E-state index is 0. The van der Waals surface area contributed by atoms with Gasteiger partial charge in [-0.3, -0.25) is 14.5 Å². The number of pyridine rings is 1. The molecular weight excluding hydrogens is 449 g/mol. The average Bonchev–Trinajstić information content (AvgIpc) is 3.18. The maximum absolute atomic E-state index is 12.8. The lowest BCUT2D eigenvalue weighted by atomic mass is 9.94. The molecule has 176 valence electrons. The van der Waals surface area contributed by atoms with E-state index in [1.54, 1.807) is 6.07 Å². The fraction of sp³-hybridized carbons (Fsp3) is 0.435. The maximum Gasteiger partial charge on any atom is 0.237 e. The van der Waals surface area contributed by atoms with Gasteiger partial charge in [0, 0.05) is 18.8 Å². The molecule has 5 N–H and O–H groups in total. The highest BCUT2D eigenvalue weighted by Crippen LogP contribution is 2.33. The molecule has 2 aromatic rings. The van der Waals surface area contributed by atoms with Crippen LogP contribution in [0, 0.1) is 6.92 Å². The minimum Gasteiger partial charge on any atom is -0.384 e. The molecule has 9 heteroatoms. The van der Waals surface area contributed by atoms with Crippen molar-refractivity contribution in [3.05, 3.63) is 58.8 Å². The molecule has 7 nitrogen and oxygen atoms in total. The molecule has 2 amide bonds. The number of rotatable bonds is 7. The van der Waals surface area contributed by atoms with Crippen LogP contribution in [0.25, 0.3) is 0 Å². The number of nitrogen functional groups attached to an aromatic ring is 1. The molecule has 1 saturated heterocycles. The summed E-state index contributed by atoms with van der Waals surface area (Å²) in [6.07, 6.45) is 1.59. The molecule has 2 unspecified atom stereocenters. The van der Waals surface area contributed by atoms with Gasteiger partial charge in [0.05, 0.1) is 12.1 Å². The Morgan fingerprint density at radius 3 is 2.59 bits per heavy atom. The molecule has 32 heavy (non-hydrogen) atoms. The van der Waals surface area contributed by atoms with Gasteiger partial charge in [0.2, 0.25) is 11.8 Å². The van der Waals surface area contributed by atoms with Crippen LogP contribution >= 0.6 is 24.8 Å². The Bertz CT molecular complexity index is 940. The van der Waals surface area contributed by atoms with Crippen molar-refractivity contribution in [3.63, 3.8) is 0 Å². The first-order valence-corrected chi connectivity index (χ1v) is 10.4. The Kier molecular flexibility index (Phi) is 10.4. The lowest BCUT2D eigenvalue weighted by Crippen LogP contribution is -2.51. The van der Waals surface area contributed by atoms with Gasteiger partial charge in [-0.05, 0) is 55.4 Å². The molecule has 0 saturated carbocycles. The van der Waals surface area contributed by atoms with Crippen molar-refractivity contribution in [2.75, 3.05) is 12.3 Å². The van der Waals surface area contributed by atoms with Crippen LogP contribution in [0.5, 0.6) is 0 Å². The summed E-state index contributed by atoms with van der Waals surface area (Å²) in [5.74, 6) is 0.103. The topological polar surface area (TPSA) is 114 Å². The Labute approximate surface area is 202 Å². The Hall–Kier alpha value is -2.35. The smallest absolute Gasteiger partial charge is 0.237 e. The minimum atomic E-state index is -0.469. The summed E-state index contributed by atoms with van der Waals surface area (Å²) in [5, 5.41) is 2.95. The largest absolute Gasteiger partial charge is 0.384 e. The highest BCUT2D eigenvalue weighted by molar-refractivity contribution is 5.86. The van der Waals surface area contributed by atoms with Gasteiger partial charge in [-0.2, -0.15) is 0 Å². The van der Waals surface area contributed by atoms with Crippen molar-refractivity contribution in [2.24, 2.45) is 5.73 Å². The molecule has 1 fully saturated rings. The van der Waals surface area contributed by atoms with Gasteiger partial charge >= 0.3 is 0 Å². The van der Waals surface area contributed by atoms with Crippen molar-refractivity contribution in [2.45, 2.75) is 58.2 Å². The molecule has 2 heterocycles. The van der Waals surface area contributed by atoms with Crippen LogP contribution in [0.3, 0.4) is 0 Å². The van der Waals surface area contributed by atoms with Gasteiger partial charge in [0.25, 0.3) is 0 Å². The van der Waals surface area contributed by atoms with Crippen LogP contribution in [-0.4, -0.2) is 40.3 Å². The van der Waals surface area contributed by atoms with E-state index in [1.807, 2.05) is 24.8 Å². The Morgan fingerprint density at radius 2 is 1.97 bits per heavy atom. The van der Waals surface area contributed by atoms with E-state index in [4.69, 9.17) is 11.5 Å². The molecule has 1 aromatic heterocycles. The number of anilines is 1. The van der Waals surface area contributed by atoms with Crippen LogP contribution in [0.1, 0.15) is 48.6 Å². The number of aryl methyl sites for hydroxylation is 2. The number of carbonyl (C=O) groups is 2. The molecule has 0 spiro atoms. The lowest BCUT2D eigenvalue weighted by molar-refractivity contribution is -0.129. The van der Waals surface area contributed by atoms with Crippen LogP contribution < -0.4 is 16.8 Å². The number of hydrogen-bond acceptors (Lipinski definition) is 5. The second-order valence-electron chi connectivity index (χ2n) is 8.02. The number of benzene rings is 1. The second kappa shape index (κ2) is 12.0. The molecule has 1 aromatic carbocycles. The van der Waals surface area contributed by atoms with Crippen molar-refractivity contribution in [1.82, 2.24) is 15.2 Å². The van der Waals surface area contributed by atoms with Crippen LogP contribution in [0.2, 0.25) is 0 Å². The lowest BCUT2D eigenvalue weighted by Gasteiger charge is -2.28. The summed E-state index contributed by atoms with van der Waals surface area (Å²) < 4.78 is 0. The fourth-order valence-electron chi connectivity index (χ4n) is 4.15. The third-order valence-electron chi connectivity index (χ3n) is 6.05. The first kappa shape index (κ1) is 27.7. The number of nitrogens with one attached hydrogen (secondary N) is 1. The van der Waals surface area contributed by atoms with E-state index in [2.05, 4.69) is 41.5 Å². The number of amides is 2. The van der Waals surface area contributed by atoms with E-state index in [9.17, 15) is 9.59 Å².